The van der Waals surface area contributed by atoms with Gasteiger partial charge in [-0.15, -0.1) is 0 Å². The molecule has 0 fully saturated rings. The summed E-state index contributed by atoms with van der Waals surface area (Å²) in [5.41, 5.74) is 3.13. The zero-order valence-electron chi connectivity index (χ0n) is 16.0. The summed E-state index contributed by atoms with van der Waals surface area (Å²) in [6.07, 6.45) is 1.76. The van der Waals surface area contributed by atoms with Crippen molar-refractivity contribution in [3.05, 3.63) is 47.0 Å². The lowest BCUT2D eigenvalue weighted by atomic mass is 10.0. The van der Waals surface area contributed by atoms with Crippen LogP contribution in [0.4, 0.5) is 0 Å². The summed E-state index contributed by atoms with van der Waals surface area (Å²) < 4.78 is 44.4. The van der Waals surface area contributed by atoms with Gasteiger partial charge in [-0.3, -0.25) is 0 Å². The van der Waals surface area contributed by atoms with Gasteiger partial charge in [0.15, 0.2) is 11.5 Å². The zero-order chi connectivity index (χ0) is 19.6. The van der Waals surface area contributed by atoms with E-state index >= 15 is 0 Å². The second kappa shape index (κ2) is 7.78. The standard InChI is InChI=1S/C20H25NO5S/c1-13-5-8-17(24-2)20(9-13)27(22,23)21-12-15-7-6-14-10-18(25-3)19(26-4)11-16(14)15/h5,8-11,15,21H,6-7,12H2,1-4H3. The first-order chi connectivity index (χ1) is 12.9. The first kappa shape index (κ1) is 19.5. The highest BCUT2D eigenvalue weighted by Gasteiger charge is 2.27. The smallest absolute Gasteiger partial charge is 0.244 e. The quantitative estimate of drug-likeness (QED) is 0.785. The molecule has 7 heteroatoms. The van der Waals surface area contributed by atoms with Gasteiger partial charge >= 0.3 is 0 Å². The number of nitrogens with one attached hydrogen (secondary N) is 1. The number of methoxy groups -OCH3 is 3. The number of hydrogen-bond acceptors (Lipinski definition) is 5. The van der Waals surface area contributed by atoms with Crippen molar-refractivity contribution in [3.8, 4) is 17.2 Å². The molecule has 3 rings (SSSR count). The van der Waals surface area contributed by atoms with E-state index in [-0.39, 0.29) is 10.8 Å². The Morgan fingerprint density at radius 1 is 1.00 bits per heavy atom. The van der Waals surface area contributed by atoms with Gasteiger partial charge in [0.2, 0.25) is 10.0 Å². The lowest BCUT2D eigenvalue weighted by Gasteiger charge is -2.16. The molecule has 0 heterocycles. The van der Waals surface area contributed by atoms with Crippen LogP contribution < -0.4 is 18.9 Å². The first-order valence-electron chi connectivity index (χ1n) is 8.78. The van der Waals surface area contributed by atoms with E-state index in [0.29, 0.717) is 23.8 Å². The number of fused-ring (bicyclic) bond motifs is 1. The molecule has 27 heavy (non-hydrogen) atoms. The van der Waals surface area contributed by atoms with Crippen molar-refractivity contribution < 1.29 is 22.6 Å². The van der Waals surface area contributed by atoms with Crippen molar-refractivity contribution in [2.45, 2.75) is 30.6 Å². The lowest BCUT2D eigenvalue weighted by Crippen LogP contribution is -2.28. The molecule has 0 saturated heterocycles. The van der Waals surface area contributed by atoms with Gasteiger partial charge in [-0.05, 0) is 66.6 Å². The Balaban J connectivity index is 1.82. The third kappa shape index (κ3) is 3.89. The van der Waals surface area contributed by atoms with E-state index in [1.807, 2.05) is 25.1 Å². The predicted molar refractivity (Wildman–Crippen MR) is 104 cm³/mol. The normalized spacial score (nSPS) is 16.1. The van der Waals surface area contributed by atoms with E-state index in [2.05, 4.69) is 4.72 Å². The molecule has 1 aliphatic rings. The largest absolute Gasteiger partial charge is 0.495 e. The number of ether oxygens (including phenoxy) is 3. The topological polar surface area (TPSA) is 73.9 Å². The molecule has 0 amide bonds. The molecule has 1 atom stereocenters. The molecule has 1 N–H and O–H groups in total. The molecule has 0 bridgehead atoms. The Morgan fingerprint density at radius 2 is 1.67 bits per heavy atom. The van der Waals surface area contributed by atoms with Crippen LogP contribution in [0.3, 0.4) is 0 Å². The SMILES string of the molecule is COc1cc2c(cc1OC)C(CNS(=O)(=O)c1cc(C)ccc1OC)CC2. The summed E-state index contributed by atoms with van der Waals surface area (Å²) in [5.74, 6) is 1.78. The molecule has 0 aromatic heterocycles. The van der Waals surface area contributed by atoms with Gasteiger partial charge in [-0.25, -0.2) is 13.1 Å². The first-order valence-corrected chi connectivity index (χ1v) is 10.3. The predicted octanol–water partition coefficient (Wildman–Crippen LogP) is 3.03. The Hall–Kier alpha value is -2.25. The monoisotopic (exact) mass is 391 g/mol. The van der Waals surface area contributed by atoms with Gasteiger partial charge in [0, 0.05) is 6.54 Å². The van der Waals surface area contributed by atoms with Gasteiger partial charge in [-0.1, -0.05) is 6.07 Å². The van der Waals surface area contributed by atoms with Crippen molar-refractivity contribution in [1.82, 2.24) is 4.72 Å². The Kier molecular flexibility index (Phi) is 5.62. The second-order valence-corrected chi connectivity index (χ2v) is 8.38. The summed E-state index contributed by atoms with van der Waals surface area (Å²) >= 11 is 0. The summed E-state index contributed by atoms with van der Waals surface area (Å²) in [6.45, 7) is 2.17. The van der Waals surface area contributed by atoms with Crippen LogP contribution in [0.1, 0.15) is 29.0 Å². The highest BCUT2D eigenvalue weighted by Crippen LogP contribution is 2.40. The van der Waals surface area contributed by atoms with E-state index in [1.54, 1.807) is 26.4 Å². The number of hydrogen-bond donors (Lipinski definition) is 1. The van der Waals surface area contributed by atoms with E-state index < -0.39 is 10.0 Å². The molecular formula is C20H25NO5S. The fourth-order valence-electron chi connectivity index (χ4n) is 3.51. The van der Waals surface area contributed by atoms with Crippen LogP contribution >= 0.6 is 0 Å². The highest BCUT2D eigenvalue weighted by atomic mass is 32.2. The van der Waals surface area contributed by atoms with Gasteiger partial charge in [0.1, 0.15) is 10.6 Å². The van der Waals surface area contributed by atoms with Gasteiger partial charge in [0.05, 0.1) is 21.3 Å². The minimum absolute atomic E-state index is 0.0883. The second-order valence-electron chi connectivity index (χ2n) is 6.65. The van der Waals surface area contributed by atoms with Gasteiger partial charge in [0.25, 0.3) is 0 Å². The molecule has 2 aromatic rings. The Labute approximate surface area is 160 Å². The minimum Gasteiger partial charge on any atom is -0.495 e. The molecule has 2 aromatic carbocycles. The molecular weight excluding hydrogens is 366 g/mol. The summed E-state index contributed by atoms with van der Waals surface area (Å²) in [5, 5.41) is 0. The number of benzene rings is 2. The summed E-state index contributed by atoms with van der Waals surface area (Å²) in [6, 6.07) is 9.05. The summed E-state index contributed by atoms with van der Waals surface area (Å²) in [4.78, 5) is 0.163. The molecule has 0 aliphatic heterocycles. The van der Waals surface area contributed by atoms with E-state index in [9.17, 15) is 8.42 Å². The van der Waals surface area contributed by atoms with Crippen molar-refractivity contribution >= 4 is 10.0 Å². The highest BCUT2D eigenvalue weighted by molar-refractivity contribution is 7.89. The summed E-state index contributed by atoms with van der Waals surface area (Å²) in [7, 11) is 1.00. The fraction of sp³-hybridized carbons (Fsp3) is 0.400. The molecule has 0 saturated carbocycles. The van der Waals surface area contributed by atoms with Crippen LogP contribution in [0.5, 0.6) is 17.2 Å². The van der Waals surface area contributed by atoms with Crippen LogP contribution in [0.15, 0.2) is 35.2 Å². The molecule has 0 spiro atoms. The van der Waals surface area contributed by atoms with Crippen molar-refractivity contribution in [2.75, 3.05) is 27.9 Å². The number of sulfonamides is 1. The van der Waals surface area contributed by atoms with Crippen molar-refractivity contribution in [2.24, 2.45) is 0 Å². The molecule has 1 unspecified atom stereocenters. The van der Waals surface area contributed by atoms with E-state index in [0.717, 1.165) is 24.0 Å². The van der Waals surface area contributed by atoms with Crippen molar-refractivity contribution in [3.63, 3.8) is 0 Å². The van der Waals surface area contributed by atoms with E-state index in [4.69, 9.17) is 14.2 Å². The Morgan fingerprint density at radius 3 is 2.33 bits per heavy atom. The zero-order valence-corrected chi connectivity index (χ0v) is 16.9. The average molecular weight is 391 g/mol. The maximum atomic E-state index is 12.8. The third-order valence-electron chi connectivity index (χ3n) is 4.98. The van der Waals surface area contributed by atoms with Gasteiger partial charge in [-0.2, -0.15) is 0 Å². The van der Waals surface area contributed by atoms with Crippen LogP contribution in [0.2, 0.25) is 0 Å². The third-order valence-corrected chi connectivity index (χ3v) is 6.42. The van der Waals surface area contributed by atoms with Crippen LogP contribution in [0.25, 0.3) is 0 Å². The molecule has 1 aliphatic carbocycles. The van der Waals surface area contributed by atoms with Crippen LogP contribution in [0, 0.1) is 6.92 Å². The van der Waals surface area contributed by atoms with E-state index in [1.165, 1.54) is 12.7 Å². The molecule has 6 nitrogen and oxygen atoms in total. The fourth-order valence-corrected chi connectivity index (χ4v) is 4.85. The van der Waals surface area contributed by atoms with Crippen LogP contribution in [-0.4, -0.2) is 36.3 Å². The number of rotatable bonds is 7. The lowest BCUT2D eigenvalue weighted by molar-refractivity contribution is 0.354. The maximum absolute atomic E-state index is 12.8. The number of aryl methyl sites for hydroxylation is 2. The maximum Gasteiger partial charge on any atom is 0.244 e. The average Bonchev–Trinajstić information content (AvgIpc) is 3.07. The van der Waals surface area contributed by atoms with Crippen LogP contribution in [-0.2, 0) is 16.4 Å². The Bertz CT molecular complexity index is 940. The van der Waals surface area contributed by atoms with Crippen molar-refractivity contribution in [1.29, 1.82) is 0 Å². The molecule has 146 valence electrons. The van der Waals surface area contributed by atoms with Gasteiger partial charge < -0.3 is 14.2 Å². The molecule has 0 radical (unpaired) electrons. The minimum atomic E-state index is -3.67.